The average molecular weight is 438 g/mol. The Balaban J connectivity index is 1.87. The van der Waals surface area contributed by atoms with E-state index in [-0.39, 0.29) is 30.4 Å². The second-order valence-electron chi connectivity index (χ2n) is 8.92. The van der Waals surface area contributed by atoms with Gasteiger partial charge < -0.3 is 20.8 Å². The molecule has 1 aromatic carbocycles. The third-order valence-electron chi connectivity index (χ3n) is 7.02. The summed E-state index contributed by atoms with van der Waals surface area (Å²) in [6, 6.07) is 1.58. The van der Waals surface area contributed by atoms with Crippen LogP contribution < -0.4 is 10.6 Å². The molecule has 0 spiro atoms. The van der Waals surface area contributed by atoms with E-state index in [2.05, 4.69) is 5.92 Å². The number of hydrogen-bond acceptors (Lipinski definition) is 8. The van der Waals surface area contributed by atoms with Gasteiger partial charge in [0.15, 0.2) is 34.7 Å². The zero-order chi connectivity index (χ0) is 23.7. The molecule has 9 nitrogen and oxygen atoms in total. The number of nitrogens with two attached hydrogens (primary N) is 1. The molecule has 4 N–H and O–H groups in total. The number of Topliss-reactive ketones (excluding diaryl/α,β-unsaturated/α-hetero) is 4. The number of terminal acetylenes is 1. The number of phenols is 1. The van der Waals surface area contributed by atoms with Gasteiger partial charge in [0.1, 0.15) is 5.75 Å². The van der Waals surface area contributed by atoms with Gasteiger partial charge >= 0.3 is 0 Å². The van der Waals surface area contributed by atoms with Crippen molar-refractivity contribution in [1.82, 2.24) is 0 Å². The molecule has 1 aromatic rings. The zero-order valence-electron chi connectivity index (χ0n) is 17.5. The van der Waals surface area contributed by atoms with E-state index in [1.54, 1.807) is 25.1 Å². The molecule has 2 saturated carbocycles. The Kier molecular flexibility index (Phi) is 4.75. The second kappa shape index (κ2) is 7.00. The van der Waals surface area contributed by atoms with Crippen LogP contribution in [0, 0.1) is 36.0 Å². The van der Waals surface area contributed by atoms with E-state index >= 15 is 0 Å². The molecule has 5 atom stereocenters. The summed E-state index contributed by atoms with van der Waals surface area (Å²) < 4.78 is 0. The van der Waals surface area contributed by atoms with Gasteiger partial charge in [-0.3, -0.25) is 24.0 Å². The number of primary amides is 1. The van der Waals surface area contributed by atoms with Crippen LogP contribution in [0.3, 0.4) is 0 Å². The number of amides is 1. The van der Waals surface area contributed by atoms with Crippen molar-refractivity contribution in [2.45, 2.75) is 24.9 Å². The van der Waals surface area contributed by atoms with Crippen LogP contribution >= 0.6 is 0 Å². The van der Waals surface area contributed by atoms with Gasteiger partial charge in [-0.05, 0) is 30.4 Å². The fraction of sp³-hybridized carbons (Fsp3) is 0.435. The maximum Gasteiger partial charge on any atom is 0.235 e. The van der Waals surface area contributed by atoms with Gasteiger partial charge in [-0.1, -0.05) is 5.92 Å². The highest BCUT2D eigenvalue weighted by molar-refractivity contribution is 6.31. The number of phenolic OH excluding ortho intramolecular Hbond substituents is 1. The first kappa shape index (κ1) is 21.7. The molecule has 0 aliphatic heterocycles. The molecule has 0 saturated heterocycles. The van der Waals surface area contributed by atoms with Crippen LogP contribution in [0.5, 0.6) is 5.75 Å². The largest absolute Gasteiger partial charge is 0.506 e. The van der Waals surface area contributed by atoms with Crippen LogP contribution in [0.15, 0.2) is 6.07 Å². The highest BCUT2D eigenvalue weighted by Gasteiger charge is 2.66. The Hall–Kier alpha value is -3.51. The van der Waals surface area contributed by atoms with E-state index < -0.39 is 64.1 Å². The molecule has 0 bridgehead atoms. The maximum atomic E-state index is 13.5. The van der Waals surface area contributed by atoms with Gasteiger partial charge in [0.2, 0.25) is 5.91 Å². The monoisotopic (exact) mass is 438 g/mol. The number of rotatable bonds is 2. The van der Waals surface area contributed by atoms with Gasteiger partial charge in [-0.25, -0.2) is 0 Å². The summed E-state index contributed by atoms with van der Waals surface area (Å²) in [6.07, 6.45) is 5.36. The van der Waals surface area contributed by atoms with Crippen LogP contribution in [0.1, 0.15) is 34.3 Å². The Labute approximate surface area is 183 Å². The van der Waals surface area contributed by atoms with Gasteiger partial charge in [-0.2, -0.15) is 0 Å². The first-order valence-corrected chi connectivity index (χ1v) is 10.1. The van der Waals surface area contributed by atoms with E-state index in [4.69, 9.17) is 12.2 Å². The summed E-state index contributed by atoms with van der Waals surface area (Å²) in [5.74, 6) is -8.15. The van der Waals surface area contributed by atoms with Crippen molar-refractivity contribution in [3.05, 3.63) is 22.8 Å². The van der Waals surface area contributed by atoms with E-state index in [1.807, 2.05) is 0 Å². The lowest BCUT2D eigenvalue weighted by molar-refractivity contribution is -0.175. The Morgan fingerprint density at radius 1 is 1.22 bits per heavy atom. The van der Waals surface area contributed by atoms with E-state index in [0.717, 1.165) is 0 Å². The minimum absolute atomic E-state index is 0.0472. The number of fused-ring (bicyclic) bond motifs is 3. The number of aliphatic hydroxyl groups is 1. The number of aromatic hydroxyl groups is 1. The predicted molar refractivity (Wildman–Crippen MR) is 111 cm³/mol. The number of hydrogen-bond donors (Lipinski definition) is 3. The summed E-state index contributed by atoms with van der Waals surface area (Å²) in [6.45, 7) is 0. The lowest BCUT2D eigenvalue weighted by atomic mass is 9.53. The first-order chi connectivity index (χ1) is 14.9. The summed E-state index contributed by atoms with van der Waals surface area (Å²) in [5.41, 5.74) is 3.60. The normalized spacial score (nSPS) is 31.3. The summed E-state index contributed by atoms with van der Waals surface area (Å²) in [7, 11) is 3.49. The molecule has 3 aliphatic carbocycles. The minimum atomic E-state index is -2.66. The van der Waals surface area contributed by atoms with Crippen molar-refractivity contribution < 1.29 is 34.2 Å². The number of carbonyl (C=O) groups excluding carboxylic acids is 5. The quantitative estimate of drug-likeness (QED) is 0.407. The Bertz CT molecular complexity index is 1160. The highest BCUT2D eigenvalue weighted by Crippen LogP contribution is 2.51. The molecule has 0 heterocycles. The highest BCUT2D eigenvalue weighted by atomic mass is 16.3. The predicted octanol–water partition coefficient (Wildman–Crippen LogP) is -0.626. The molecule has 32 heavy (non-hydrogen) atoms. The SMILES string of the molecule is C#Cc1cc(N(C)C)c2c(c1O)C(=O)C1C(=O)[C@]3(O)C(=O)C(C(N)=O)C(=O)C[C@@H]3C[C@@H]1C2. The lowest BCUT2D eigenvalue weighted by Crippen LogP contribution is -2.68. The Morgan fingerprint density at radius 3 is 2.44 bits per heavy atom. The van der Waals surface area contributed by atoms with Crippen molar-refractivity contribution in [1.29, 1.82) is 0 Å². The number of anilines is 1. The average Bonchev–Trinajstić information content (AvgIpc) is 2.70. The van der Waals surface area contributed by atoms with Crippen molar-refractivity contribution in [3.8, 4) is 18.1 Å². The van der Waals surface area contributed by atoms with Crippen molar-refractivity contribution in [2.24, 2.45) is 29.4 Å². The van der Waals surface area contributed by atoms with Gasteiger partial charge in [0, 0.05) is 32.1 Å². The molecule has 0 radical (unpaired) electrons. The van der Waals surface area contributed by atoms with Crippen LogP contribution in [0.4, 0.5) is 5.69 Å². The number of carbonyl (C=O) groups is 5. The fourth-order valence-electron chi connectivity index (χ4n) is 5.52. The molecule has 3 aliphatic rings. The minimum Gasteiger partial charge on any atom is -0.506 e. The van der Waals surface area contributed by atoms with Gasteiger partial charge in [-0.15, -0.1) is 6.42 Å². The van der Waals surface area contributed by atoms with E-state index in [1.165, 1.54) is 0 Å². The molecule has 2 unspecified atom stereocenters. The van der Waals surface area contributed by atoms with Crippen molar-refractivity contribution in [3.63, 3.8) is 0 Å². The molecule has 0 aromatic heterocycles. The number of nitrogens with zero attached hydrogens (tertiary/aromatic N) is 1. The van der Waals surface area contributed by atoms with Crippen molar-refractivity contribution >= 4 is 34.7 Å². The zero-order valence-corrected chi connectivity index (χ0v) is 17.5. The molecular weight excluding hydrogens is 416 g/mol. The standard InChI is InChI=1S/C23H22N2O7/c1-4-9-7-13(25(2)3)12-6-10-5-11-8-14(26)17(22(24)31)21(30)23(11,32)20(29)15(10)19(28)16(12)18(9)27/h1,7,10-11,15,17,27,32H,5-6,8H2,2-3H3,(H2,24,31)/t10-,11+,15?,17?,23+/m1/s1. The smallest absolute Gasteiger partial charge is 0.235 e. The molecular formula is C23H22N2O7. The van der Waals surface area contributed by atoms with Crippen LogP contribution in [-0.2, 0) is 25.6 Å². The van der Waals surface area contributed by atoms with E-state index in [9.17, 15) is 34.2 Å². The third-order valence-corrected chi connectivity index (χ3v) is 7.02. The van der Waals surface area contributed by atoms with E-state index in [0.29, 0.717) is 11.3 Å². The summed E-state index contributed by atoms with van der Waals surface area (Å²) in [5, 5.41) is 21.8. The third kappa shape index (κ3) is 2.66. The summed E-state index contributed by atoms with van der Waals surface area (Å²) >= 11 is 0. The number of benzene rings is 1. The van der Waals surface area contributed by atoms with Gasteiger partial charge in [0.25, 0.3) is 0 Å². The second-order valence-corrected chi connectivity index (χ2v) is 8.92. The molecule has 1 amide bonds. The Morgan fingerprint density at radius 2 is 1.88 bits per heavy atom. The molecule has 166 valence electrons. The molecule has 9 heteroatoms. The van der Waals surface area contributed by atoms with Crippen LogP contribution in [-0.4, -0.2) is 58.9 Å². The van der Waals surface area contributed by atoms with Gasteiger partial charge in [0.05, 0.1) is 17.0 Å². The van der Waals surface area contributed by atoms with Crippen LogP contribution in [0.2, 0.25) is 0 Å². The fourth-order valence-corrected chi connectivity index (χ4v) is 5.52. The lowest BCUT2D eigenvalue weighted by Gasteiger charge is -2.48. The number of ketones is 4. The summed E-state index contributed by atoms with van der Waals surface area (Å²) in [4.78, 5) is 65.5. The molecule has 2 fully saturated rings. The van der Waals surface area contributed by atoms with Crippen molar-refractivity contribution in [2.75, 3.05) is 19.0 Å². The molecule has 4 rings (SSSR count). The van der Waals surface area contributed by atoms with Crippen LogP contribution in [0.25, 0.3) is 0 Å². The maximum absolute atomic E-state index is 13.5. The first-order valence-electron chi connectivity index (χ1n) is 10.1. The topological polar surface area (TPSA) is 155 Å².